The molecule has 0 spiro atoms. The lowest BCUT2D eigenvalue weighted by molar-refractivity contribution is -0.141. The molecule has 0 saturated carbocycles. The zero-order valence-corrected chi connectivity index (χ0v) is 24.6. The Hall–Kier alpha value is -3.18. The van der Waals surface area contributed by atoms with Crippen molar-refractivity contribution in [3.05, 3.63) is 75.8 Å². The molecule has 2 fully saturated rings. The van der Waals surface area contributed by atoms with Crippen LogP contribution in [0, 0.1) is 11.6 Å². The van der Waals surface area contributed by atoms with E-state index in [1.807, 2.05) is 0 Å². The van der Waals surface area contributed by atoms with Crippen LogP contribution in [0.25, 0.3) is 0 Å². The average Bonchev–Trinajstić information content (AvgIpc) is 3.41. The molecule has 1 aromatic carbocycles. The molecule has 5 rings (SSSR count). The number of anilines is 1. The van der Waals surface area contributed by atoms with E-state index < -0.39 is 57.4 Å². The van der Waals surface area contributed by atoms with Crippen LogP contribution >= 0.6 is 11.6 Å². The number of nitrogens with one attached hydrogen (secondary N) is 3. The Balaban J connectivity index is 1.39. The number of sulfonamides is 1. The number of aromatic amines is 1. The number of benzene rings is 1. The van der Waals surface area contributed by atoms with Gasteiger partial charge in [0.25, 0.3) is 0 Å². The second-order valence-corrected chi connectivity index (χ2v) is 13.3. The minimum atomic E-state index is -4.81. The summed E-state index contributed by atoms with van der Waals surface area (Å²) < 4.78 is 96.4. The number of halogens is 6. The Morgan fingerprint density at radius 3 is 2.68 bits per heavy atom. The molecule has 238 valence electrons. The minimum Gasteiger partial charge on any atom is -0.323 e. The molecule has 0 aliphatic carbocycles. The number of amides is 1. The smallest absolute Gasteiger partial charge is 0.323 e. The van der Waals surface area contributed by atoms with E-state index >= 15 is 4.39 Å². The summed E-state index contributed by atoms with van der Waals surface area (Å²) in [6.45, 7) is 0.702. The Kier molecular flexibility index (Phi) is 9.28. The van der Waals surface area contributed by atoms with Crippen LogP contribution in [-0.2, 0) is 27.4 Å². The molecule has 1 unspecified atom stereocenters. The molecule has 2 aliphatic rings. The second kappa shape index (κ2) is 12.7. The van der Waals surface area contributed by atoms with Gasteiger partial charge < -0.3 is 16.4 Å². The number of carbonyl (C=O) groups excluding carboxylic acids is 1. The van der Waals surface area contributed by atoms with E-state index in [1.165, 1.54) is 22.6 Å². The van der Waals surface area contributed by atoms with Gasteiger partial charge in [-0.05, 0) is 49.4 Å². The summed E-state index contributed by atoms with van der Waals surface area (Å²) in [7, 11) is -3.48. The Bertz CT molecular complexity index is 1640. The molecule has 3 aromatic rings. The number of alkyl halides is 3. The van der Waals surface area contributed by atoms with Crippen molar-refractivity contribution in [1.29, 1.82) is 0 Å². The van der Waals surface area contributed by atoms with E-state index in [9.17, 15) is 30.8 Å². The number of rotatable bonds is 8. The summed E-state index contributed by atoms with van der Waals surface area (Å²) in [6.07, 6.45) is -1.13. The maximum absolute atomic E-state index is 15.0. The number of pyridine rings is 1. The van der Waals surface area contributed by atoms with Crippen LogP contribution in [0.3, 0.4) is 0 Å². The SMILES string of the molecule is N[C@H](C(=O)Nc1cncc(F)c1CC[C@H]1CN[C@@H]2CCCS(=O)(=O)N1C2)[C@@H](c1ccc(Cl)c(F)c1)c1cc(C(F)(F)F)n[nH]1. The number of hydrogen-bond acceptors (Lipinski definition) is 7. The lowest BCUT2D eigenvalue weighted by Crippen LogP contribution is -2.57. The first kappa shape index (κ1) is 32.2. The van der Waals surface area contributed by atoms with Crippen LogP contribution in [-0.4, -0.2) is 70.8 Å². The lowest BCUT2D eigenvalue weighted by atomic mass is 9.88. The highest BCUT2D eigenvalue weighted by atomic mass is 35.5. The molecular formula is C27H29ClF5N7O3S. The van der Waals surface area contributed by atoms with Crippen molar-refractivity contribution in [2.75, 3.05) is 24.2 Å². The molecule has 44 heavy (non-hydrogen) atoms. The van der Waals surface area contributed by atoms with E-state index in [1.54, 1.807) is 0 Å². The summed E-state index contributed by atoms with van der Waals surface area (Å²) in [5.41, 5.74) is 4.80. The van der Waals surface area contributed by atoms with Crippen LogP contribution in [0.15, 0.2) is 36.7 Å². The van der Waals surface area contributed by atoms with Gasteiger partial charge in [0, 0.05) is 42.3 Å². The standard InChI is InChI=1S/C27H29ClF5N7O3S/c28-18-6-3-14(8-19(18)29)24(21-9-23(39-38-21)27(31,32)33)25(34)26(41)37-22-12-35-11-20(30)17(22)5-4-16-10-36-15-2-1-7-44(42,43)40(16)13-15/h3,6,8-9,11-12,15-16,24-25,36H,1-2,4-5,7,10,13,34H2,(H,37,41)(H,38,39)/t15-,16+,24+,25+/m1/s1. The van der Waals surface area contributed by atoms with Crippen LogP contribution in [0.5, 0.6) is 0 Å². The second-order valence-electron chi connectivity index (χ2n) is 10.8. The summed E-state index contributed by atoms with van der Waals surface area (Å²) in [6, 6.07) is 2.08. The topological polar surface area (TPSA) is 146 Å². The maximum Gasteiger partial charge on any atom is 0.435 e. The minimum absolute atomic E-state index is 0.0313. The van der Waals surface area contributed by atoms with Crippen LogP contribution in [0.2, 0.25) is 5.02 Å². The lowest BCUT2D eigenvalue weighted by Gasteiger charge is -2.37. The monoisotopic (exact) mass is 661 g/mol. The zero-order chi connectivity index (χ0) is 31.8. The van der Waals surface area contributed by atoms with Gasteiger partial charge in [0.05, 0.1) is 34.9 Å². The highest BCUT2D eigenvalue weighted by Gasteiger charge is 2.39. The largest absolute Gasteiger partial charge is 0.435 e. The maximum atomic E-state index is 15.0. The highest BCUT2D eigenvalue weighted by molar-refractivity contribution is 7.89. The van der Waals surface area contributed by atoms with Gasteiger partial charge in [-0.1, -0.05) is 17.7 Å². The third kappa shape index (κ3) is 6.88. The molecule has 5 N–H and O–H groups in total. The number of piperazine rings is 1. The number of fused-ring (bicyclic) bond motifs is 2. The van der Waals surface area contributed by atoms with E-state index in [0.29, 0.717) is 25.6 Å². The molecule has 0 radical (unpaired) electrons. The van der Waals surface area contributed by atoms with Crippen molar-refractivity contribution in [2.24, 2.45) is 5.73 Å². The molecule has 5 atom stereocenters. The van der Waals surface area contributed by atoms with Crippen molar-refractivity contribution in [2.45, 2.75) is 55.9 Å². The van der Waals surface area contributed by atoms with Crippen LogP contribution in [0.4, 0.5) is 27.6 Å². The fraction of sp³-hybridized carbons (Fsp3) is 0.444. The summed E-state index contributed by atoms with van der Waals surface area (Å²) in [5.74, 6) is -3.88. The Morgan fingerprint density at radius 2 is 1.98 bits per heavy atom. The molecule has 4 heterocycles. The van der Waals surface area contributed by atoms with Crippen LogP contribution in [0.1, 0.15) is 47.7 Å². The van der Waals surface area contributed by atoms with Gasteiger partial charge in [-0.2, -0.15) is 22.6 Å². The number of nitrogens with two attached hydrogens (primary N) is 1. The van der Waals surface area contributed by atoms with Crippen LogP contribution < -0.4 is 16.4 Å². The van der Waals surface area contributed by atoms with Gasteiger partial charge in [-0.3, -0.25) is 14.9 Å². The van der Waals surface area contributed by atoms with Crippen molar-refractivity contribution < 1.29 is 35.2 Å². The number of aromatic nitrogens is 3. The number of H-pyrrole nitrogens is 1. The predicted octanol–water partition coefficient (Wildman–Crippen LogP) is 3.55. The summed E-state index contributed by atoms with van der Waals surface area (Å²) in [4.78, 5) is 17.2. The first-order chi connectivity index (χ1) is 20.7. The average molecular weight is 662 g/mol. The van der Waals surface area contributed by atoms with Crippen molar-refractivity contribution in [1.82, 2.24) is 24.8 Å². The first-order valence-electron chi connectivity index (χ1n) is 13.7. The highest BCUT2D eigenvalue weighted by Crippen LogP contribution is 2.34. The quantitative estimate of drug-likeness (QED) is 0.270. The predicted molar refractivity (Wildman–Crippen MR) is 151 cm³/mol. The molecule has 2 saturated heterocycles. The third-order valence-corrected chi connectivity index (χ3v) is 10.2. The summed E-state index contributed by atoms with van der Waals surface area (Å²) >= 11 is 5.78. The van der Waals surface area contributed by atoms with Gasteiger partial charge in [0.1, 0.15) is 11.6 Å². The number of nitrogens with zero attached hydrogens (tertiary/aromatic N) is 3. The Labute approximate surface area is 254 Å². The summed E-state index contributed by atoms with van der Waals surface area (Å²) in [5, 5.41) is 11.1. The molecule has 2 aliphatic heterocycles. The van der Waals surface area contributed by atoms with E-state index in [4.69, 9.17) is 17.3 Å². The molecule has 10 nitrogen and oxygen atoms in total. The molecule has 2 aromatic heterocycles. The number of hydrogen-bond donors (Lipinski definition) is 4. The fourth-order valence-corrected chi connectivity index (χ4v) is 7.60. The van der Waals surface area contributed by atoms with Gasteiger partial charge in [0.2, 0.25) is 15.9 Å². The normalized spacial score (nSPS) is 23.0. The fourth-order valence-electron chi connectivity index (χ4n) is 5.67. The van der Waals surface area contributed by atoms with Crippen molar-refractivity contribution >= 4 is 33.2 Å². The van der Waals surface area contributed by atoms with Crippen molar-refractivity contribution in [3.8, 4) is 0 Å². The van der Waals surface area contributed by atoms with E-state index in [0.717, 1.165) is 18.7 Å². The molecule has 2 bridgehead atoms. The third-order valence-electron chi connectivity index (χ3n) is 7.94. The molecular weight excluding hydrogens is 633 g/mol. The van der Waals surface area contributed by atoms with Gasteiger partial charge >= 0.3 is 6.18 Å². The van der Waals surface area contributed by atoms with E-state index in [-0.39, 0.29) is 52.2 Å². The van der Waals surface area contributed by atoms with E-state index in [2.05, 4.69) is 25.8 Å². The first-order valence-corrected chi connectivity index (χ1v) is 15.7. The van der Waals surface area contributed by atoms with Gasteiger partial charge in [-0.15, -0.1) is 0 Å². The van der Waals surface area contributed by atoms with Crippen molar-refractivity contribution in [3.63, 3.8) is 0 Å². The number of carbonyl (C=O) groups is 1. The Morgan fingerprint density at radius 1 is 1.20 bits per heavy atom. The van der Waals surface area contributed by atoms with Gasteiger partial charge in [0.15, 0.2) is 5.69 Å². The molecule has 17 heteroatoms. The molecule has 1 amide bonds. The zero-order valence-electron chi connectivity index (χ0n) is 23.0. The van der Waals surface area contributed by atoms with Gasteiger partial charge in [-0.25, -0.2) is 17.2 Å².